The van der Waals surface area contributed by atoms with E-state index in [1.165, 1.54) is 11.1 Å². The van der Waals surface area contributed by atoms with Crippen LogP contribution in [0.2, 0.25) is 0 Å². The summed E-state index contributed by atoms with van der Waals surface area (Å²) in [4.78, 5) is 9.97. The Morgan fingerprint density at radius 3 is 1.67 bits per heavy atom. The second-order valence-electron chi connectivity index (χ2n) is 6.26. The van der Waals surface area contributed by atoms with Gasteiger partial charge in [0.1, 0.15) is 11.5 Å². The highest BCUT2D eigenvalue weighted by Crippen LogP contribution is 2.55. The Kier molecular flexibility index (Phi) is 5.21. The van der Waals surface area contributed by atoms with Gasteiger partial charge in [-0.1, -0.05) is 40.5 Å². The molecule has 0 aromatic heterocycles. The first-order valence-corrected chi connectivity index (χ1v) is 9.53. The van der Waals surface area contributed by atoms with Crippen molar-refractivity contribution >= 4 is 7.82 Å². The molecular formula is C16H27O4P. The van der Waals surface area contributed by atoms with Gasteiger partial charge in [0.25, 0.3) is 0 Å². The van der Waals surface area contributed by atoms with Crippen LogP contribution in [-0.2, 0) is 13.6 Å². The van der Waals surface area contributed by atoms with Crippen molar-refractivity contribution in [2.75, 3.05) is 0 Å². The van der Waals surface area contributed by atoms with Gasteiger partial charge in [0.05, 0.1) is 0 Å². The molecule has 0 bridgehead atoms. The van der Waals surface area contributed by atoms with E-state index in [2.05, 4.69) is 27.7 Å². The summed E-state index contributed by atoms with van der Waals surface area (Å²) < 4.78 is 22.8. The molecule has 2 rings (SSSR count). The first-order valence-electron chi connectivity index (χ1n) is 8.03. The number of rotatable bonds is 8. The monoisotopic (exact) mass is 314 g/mol. The van der Waals surface area contributed by atoms with Gasteiger partial charge < -0.3 is 9.05 Å². The lowest BCUT2D eigenvalue weighted by molar-refractivity contribution is 0.176. The van der Waals surface area contributed by atoms with Crippen LogP contribution < -0.4 is 0 Å². The summed E-state index contributed by atoms with van der Waals surface area (Å²) in [5, 5.41) is 0. The molecule has 0 heterocycles. The molecule has 4 nitrogen and oxygen atoms in total. The Balaban J connectivity index is 2.02. The molecule has 0 spiro atoms. The van der Waals surface area contributed by atoms with Gasteiger partial charge in [-0.15, -0.1) is 0 Å². The Labute approximate surface area is 127 Å². The molecule has 2 unspecified atom stereocenters. The molecule has 0 saturated heterocycles. The average molecular weight is 314 g/mol. The van der Waals surface area contributed by atoms with E-state index in [9.17, 15) is 9.46 Å². The van der Waals surface area contributed by atoms with Gasteiger partial charge in [-0.25, -0.2) is 4.57 Å². The molecule has 5 heteroatoms. The van der Waals surface area contributed by atoms with Gasteiger partial charge in [0, 0.05) is 12.8 Å². The van der Waals surface area contributed by atoms with Crippen molar-refractivity contribution in [3.05, 3.63) is 22.7 Å². The Hall–Kier alpha value is -0.730. The standard InChI is InChI=1S/C16H27O4P/c1-5-7-13-11(3)9-15(13)19-21(17,18)20-16-10-12(4)14(16)8-6-2/h11-12H,5-10H2,1-4H3,(H,17,18). The molecule has 21 heavy (non-hydrogen) atoms. The second-order valence-corrected chi connectivity index (χ2v) is 7.56. The third-order valence-electron chi connectivity index (χ3n) is 4.38. The van der Waals surface area contributed by atoms with Crippen LogP contribution in [0.15, 0.2) is 22.7 Å². The van der Waals surface area contributed by atoms with Crippen LogP contribution in [0.25, 0.3) is 0 Å². The van der Waals surface area contributed by atoms with Crippen LogP contribution in [-0.4, -0.2) is 4.89 Å². The highest BCUT2D eigenvalue weighted by Gasteiger charge is 2.37. The zero-order valence-corrected chi connectivity index (χ0v) is 14.4. The molecular weight excluding hydrogens is 287 g/mol. The van der Waals surface area contributed by atoms with Crippen LogP contribution in [0.3, 0.4) is 0 Å². The number of phosphoric acid groups is 1. The van der Waals surface area contributed by atoms with E-state index < -0.39 is 7.82 Å². The Morgan fingerprint density at radius 2 is 1.38 bits per heavy atom. The molecule has 0 amide bonds. The minimum Gasteiger partial charge on any atom is -0.400 e. The minimum absolute atomic E-state index is 0.457. The molecule has 0 radical (unpaired) electrons. The van der Waals surface area contributed by atoms with Crippen molar-refractivity contribution in [2.45, 2.75) is 66.2 Å². The van der Waals surface area contributed by atoms with E-state index >= 15 is 0 Å². The van der Waals surface area contributed by atoms with Crippen LogP contribution in [0.5, 0.6) is 0 Å². The first-order chi connectivity index (χ1) is 9.88. The molecule has 2 atom stereocenters. The largest absolute Gasteiger partial charge is 0.584 e. The van der Waals surface area contributed by atoms with Gasteiger partial charge in [-0.2, -0.15) is 0 Å². The summed E-state index contributed by atoms with van der Waals surface area (Å²) in [6, 6.07) is 0. The van der Waals surface area contributed by atoms with Crippen molar-refractivity contribution in [2.24, 2.45) is 11.8 Å². The maximum atomic E-state index is 12.2. The molecule has 2 aliphatic rings. The summed E-state index contributed by atoms with van der Waals surface area (Å²) in [6.45, 7) is 8.44. The highest BCUT2D eigenvalue weighted by atomic mass is 31.2. The lowest BCUT2D eigenvalue weighted by Crippen LogP contribution is -2.20. The van der Waals surface area contributed by atoms with Crippen LogP contribution in [0, 0.1) is 11.8 Å². The zero-order valence-electron chi connectivity index (χ0n) is 13.5. The van der Waals surface area contributed by atoms with Gasteiger partial charge in [-0.3, -0.25) is 4.89 Å². The second kappa shape index (κ2) is 6.58. The SMILES string of the molecule is CCCC1=C(OP(=O)(O)OC2=C(CCC)C(C)C2)CC1C. The first kappa shape index (κ1) is 16.6. The number of allylic oxidation sites excluding steroid dienone is 4. The Bertz CT molecular complexity index is 464. The number of hydrogen-bond acceptors (Lipinski definition) is 3. The maximum Gasteiger partial charge on any atom is 0.584 e. The van der Waals surface area contributed by atoms with Crippen molar-refractivity contribution in [1.29, 1.82) is 0 Å². The quantitative estimate of drug-likeness (QED) is 0.617. The van der Waals surface area contributed by atoms with Crippen LogP contribution in [0.1, 0.15) is 66.2 Å². The molecule has 0 aliphatic heterocycles. The normalized spacial score (nSPS) is 27.9. The molecule has 0 fully saturated rings. The number of phosphoric ester groups is 1. The van der Waals surface area contributed by atoms with Gasteiger partial charge in [0.15, 0.2) is 0 Å². The summed E-state index contributed by atoms with van der Waals surface area (Å²) in [6.07, 6.45) is 5.37. The zero-order chi connectivity index (χ0) is 15.6. The average Bonchev–Trinajstić information content (AvgIpc) is 2.41. The molecule has 0 aromatic carbocycles. The van der Waals surface area contributed by atoms with Crippen molar-refractivity contribution in [3.8, 4) is 0 Å². The molecule has 0 aromatic rings. The minimum atomic E-state index is -4.03. The lowest BCUT2D eigenvalue weighted by Gasteiger charge is -2.34. The fourth-order valence-electron chi connectivity index (χ4n) is 3.15. The van der Waals surface area contributed by atoms with E-state index in [1.807, 2.05) is 0 Å². The van der Waals surface area contributed by atoms with E-state index in [0.29, 0.717) is 23.4 Å². The van der Waals surface area contributed by atoms with Gasteiger partial charge >= 0.3 is 7.82 Å². The number of hydrogen-bond donors (Lipinski definition) is 1. The van der Waals surface area contributed by atoms with Crippen molar-refractivity contribution in [1.82, 2.24) is 0 Å². The van der Waals surface area contributed by atoms with Crippen molar-refractivity contribution in [3.63, 3.8) is 0 Å². The molecule has 2 aliphatic carbocycles. The summed E-state index contributed by atoms with van der Waals surface area (Å²) >= 11 is 0. The Morgan fingerprint density at radius 1 is 1.00 bits per heavy atom. The third kappa shape index (κ3) is 3.73. The summed E-state index contributed by atoms with van der Waals surface area (Å²) in [5.41, 5.74) is 2.33. The fraction of sp³-hybridized carbons (Fsp3) is 0.750. The van der Waals surface area contributed by atoms with E-state index in [1.54, 1.807) is 0 Å². The van der Waals surface area contributed by atoms with Crippen LogP contribution >= 0.6 is 7.82 Å². The smallest absolute Gasteiger partial charge is 0.400 e. The van der Waals surface area contributed by atoms with E-state index in [-0.39, 0.29) is 0 Å². The predicted molar refractivity (Wildman–Crippen MR) is 83.4 cm³/mol. The molecule has 0 saturated carbocycles. The summed E-state index contributed by atoms with van der Waals surface area (Å²) in [7, 11) is -4.03. The maximum absolute atomic E-state index is 12.2. The molecule has 1 N–H and O–H groups in total. The van der Waals surface area contributed by atoms with Crippen molar-refractivity contribution < 1.29 is 18.5 Å². The van der Waals surface area contributed by atoms with Crippen LogP contribution in [0.4, 0.5) is 0 Å². The topological polar surface area (TPSA) is 55.8 Å². The fourth-order valence-corrected chi connectivity index (χ4v) is 4.13. The van der Waals surface area contributed by atoms with Gasteiger partial charge in [0.2, 0.25) is 0 Å². The van der Waals surface area contributed by atoms with E-state index in [0.717, 1.165) is 38.5 Å². The molecule has 120 valence electrons. The highest BCUT2D eigenvalue weighted by molar-refractivity contribution is 7.47. The lowest BCUT2D eigenvalue weighted by atomic mass is 9.82. The third-order valence-corrected chi connectivity index (χ3v) is 5.28. The van der Waals surface area contributed by atoms with E-state index in [4.69, 9.17) is 9.05 Å². The summed E-state index contributed by atoms with van der Waals surface area (Å²) in [5.74, 6) is 2.25. The predicted octanol–water partition coefficient (Wildman–Crippen LogP) is 5.31. The van der Waals surface area contributed by atoms with Gasteiger partial charge in [-0.05, 0) is 35.8 Å².